The molecule has 0 radical (unpaired) electrons. The first-order chi connectivity index (χ1) is 13.7. The Morgan fingerprint density at radius 3 is 1.86 bits per heavy atom. The highest BCUT2D eigenvalue weighted by atomic mass is 16.2. The molecule has 4 rings (SSSR count). The molecule has 0 aromatic heterocycles. The van der Waals surface area contributed by atoms with Gasteiger partial charge in [-0.3, -0.25) is 19.3 Å². The number of carbonyl (C=O) groups excluding carboxylic acids is 3. The Hall–Kier alpha value is -3.79. The summed E-state index contributed by atoms with van der Waals surface area (Å²) in [6.45, 7) is 0. The van der Waals surface area contributed by atoms with Crippen molar-refractivity contribution in [1.29, 1.82) is 0 Å². The smallest absolute Gasteiger partial charge is 0.239 e. The normalized spacial score (nSPS) is 14.4. The Bertz CT molecular complexity index is 1070. The molecule has 0 spiro atoms. The third-order valence-electron chi connectivity index (χ3n) is 4.63. The highest BCUT2D eigenvalue weighted by molar-refractivity contribution is 6.38. The van der Waals surface area contributed by atoms with E-state index in [1.807, 2.05) is 42.5 Å². The fourth-order valence-corrected chi connectivity index (χ4v) is 3.36. The van der Waals surface area contributed by atoms with Crippen molar-refractivity contribution in [3.05, 3.63) is 108 Å². The summed E-state index contributed by atoms with van der Waals surface area (Å²) in [5.74, 6) is -1.18. The van der Waals surface area contributed by atoms with Crippen LogP contribution in [0.25, 0.3) is 5.70 Å². The van der Waals surface area contributed by atoms with Crippen molar-refractivity contribution in [2.75, 3.05) is 4.90 Å². The van der Waals surface area contributed by atoms with E-state index in [1.165, 1.54) is 4.90 Å². The summed E-state index contributed by atoms with van der Waals surface area (Å²) in [5.41, 5.74) is 2.06. The molecule has 0 saturated heterocycles. The van der Waals surface area contributed by atoms with Crippen molar-refractivity contribution in [3.63, 3.8) is 0 Å². The van der Waals surface area contributed by atoms with Crippen LogP contribution in [0.4, 0.5) is 5.69 Å². The van der Waals surface area contributed by atoms with Gasteiger partial charge in [0.05, 0.1) is 17.7 Å². The first kappa shape index (κ1) is 17.6. The van der Waals surface area contributed by atoms with E-state index in [0.29, 0.717) is 22.5 Å². The molecule has 136 valence electrons. The monoisotopic (exact) mass is 367 g/mol. The van der Waals surface area contributed by atoms with Gasteiger partial charge in [0.25, 0.3) is 0 Å². The predicted octanol–water partition coefficient (Wildman–Crippen LogP) is 4.29. The molecule has 0 saturated carbocycles. The number of ketones is 2. The topological polar surface area (TPSA) is 54.5 Å². The van der Waals surface area contributed by atoms with Gasteiger partial charge in [-0.1, -0.05) is 78.9 Å². The summed E-state index contributed by atoms with van der Waals surface area (Å²) in [6.07, 6.45) is -0.334. The highest BCUT2D eigenvalue weighted by Gasteiger charge is 2.37. The molecule has 3 aromatic carbocycles. The molecule has 0 unspecified atom stereocenters. The second kappa shape index (κ2) is 7.45. The maximum atomic E-state index is 13.3. The largest absolute Gasteiger partial charge is 0.293 e. The number of anilines is 1. The summed E-state index contributed by atoms with van der Waals surface area (Å²) < 4.78 is 0. The molecular formula is C24H17NO3. The lowest BCUT2D eigenvalue weighted by molar-refractivity contribution is -0.124. The van der Waals surface area contributed by atoms with Crippen LogP contribution in [-0.2, 0) is 9.59 Å². The third kappa shape index (κ3) is 3.16. The fraction of sp³-hybridized carbons (Fsp3) is 0.0417. The Labute approximate surface area is 162 Å². The number of amides is 1. The minimum atomic E-state index is -0.454. The minimum Gasteiger partial charge on any atom is -0.293 e. The van der Waals surface area contributed by atoms with E-state index in [2.05, 4.69) is 0 Å². The van der Waals surface area contributed by atoms with Gasteiger partial charge in [-0.05, 0) is 17.7 Å². The second-order valence-corrected chi connectivity index (χ2v) is 6.45. The van der Waals surface area contributed by atoms with E-state index in [1.54, 1.807) is 48.5 Å². The number of hydrogen-bond acceptors (Lipinski definition) is 3. The molecule has 3 aromatic rings. The van der Waals surface area contributed by atoms with Crippen LogP contribution in [0.1, 0.15) is 22.3 Å². The van der Waals surface area contributed by atoms with Gasteiger partial charge in [0.2, 0.25) is 5.91 Å². The van der Waals surface area contributed by atoms with Crippen LogP contribution in [0.3, 0.4) is 0 Å². The standard InChI is InChI=1S/C24H17NO3/c26-20-16-21(27)25(19-14-8-3-9-15-19)23(17-10-4-1-5-11-17)22(20)24(28)18-12-6-2-7-13-18/h1-15H,16H2. The highest BCUT2D eigenvalue weighted by Crippen LogP contribution is 2.35. The lowest BCUT2D eigenvalue weighted by Crippen LogP contribution is -2.39. The first-order valence-electron chi connectivity index (χ1n) is 8.97. The van der Waals surface area contributed by atoms with E-state index in [9.17, 15) is 14.4 Å². The van der Waals surface area contributed by atoms with Gasteiger partial charge in [-0.15, -0.1) is 0 Å². The molecule has 0 fully saturated rings. The zero-order valence-corrected chi connectivity index (χ0v) is 15.0. The molecule has 1 aliphatic rings. The molecule has 4 heteroatoms. The lowest BCUT2D eigenvalue weighted by Gasteiger charge is -2.31. The first-order valence-corrected chi connectivity index (χ1v) is 8.97. The van der Waals surface area contributed by atoms with Crippen molar-refractivity contribution < 1.29 is 14.4 Å². The van der Waals surface area contributed by atoms with Crippen LogP contribution in [0.2, 0.25) is 0 Å². The van der Waals surface area contributed by atoms with Crippen LogP contribution in [0.15, 0.2) is 96.6 Å². The van der Waals surface area contributed by atoms with Crippen LogP contribution < -0.4 is 4.90 Å². The summed E-state index contributed by atoms with van der Waals surface area (Å²) >= 11 is 0. The fourth-order valence-electron chi connectivity index (χ4n) is 3.36. The van der Waals surface area contributed by atoms with Crippen LogP contribution in [-0.4, -0.2) is 17.5 Å². The lowest BCUT2D eigenvalue weighted by atomic mass is 9.89. The number of carbonyl (C=O) groups is 3. The Morgan fingerprint density at radius 1 is 0.714 bits per heavy atom. The number of rotatable bonds is 4. The number of para-hydroxylation sites is 1. The quantitative estimate of drug-likeness (QED) is 0.393. The molecule has 0 N–H and O–H groups in total. The molecule has 4 nitrogen and oxygen atoms in total. The van der Waals surface area contributed by atoms with Crippen molar-refractivity contribution >= 4 is 28.9 Å². The van der Waals surface area contributed by atoms with Crippen molar-refractivity contribution in [3.8, 4) is 0 Å². The van der Waals surface area contributed by atoms with Crippen LogP contribution in [0.5, 0.6) is 0 Å². The summed E-state index contributed by atoms with van der Waals surface area (Å²) in [6, 6.07) is 26.8. The predicted molar refractivity (Wildman–Crippen MR) is 108 cm³/mol. The summed E-state index contributed by atoms with van der Waals surface area (Å²) in [7, 11) is 0. The number of allylic oxidation sites excluding steroid dienone is 1. The van der Waals surface area contributed by atoms with Gasteiger partial charge >= 0.3 is 0 Å². The summed E-state index contributed by atoms with van der Waals surface area (Å²) in [4.78, 5) is 40.4. The average Bonchev–Trinajstić information content (AvgIpc) is 2.74. The van der Waals surface area contributed by atoms with Crippen molar-refractivity contribution in [2.45, 2.75) is 6.42 Å². The van der Waals surface area contributed by atoms with Crippen molar-refractivity contribution in [2.24, 2.45) is 0 Å². The number of hydrogen-bond donors (Lipinski definition) is 0. The van der Waals surface area contributed by atoms with E-state index in [-0.39, 0.29) is 23.7 Å². The number of nitrogens with zero attached hydrogens (tertiary/aromatic N) is 1. The van der Waals surface area contributed by atoms with Gasteiger partial charge < -0.3 is 0 Å². The molecule has 1 heterocycles. The van der Waals surface area contributed by atoms with Gasteiger partial charge in [0.15, 0.2) is 11.6 Å². The number of benzene rings is 3. The van der Waals surface area contributed by atoms with Crippen LogP contribution in [0, 0.1) is 0 Å². The maximum Gasteiger partial charge on any atom is 0.239 e. The van der Waals surface area contributed by atoms with E-state index in [0.717, 1.165) is 0 Å². The van der Waals surface area contributed by atoms with E-state index >= 15 is 0 Å². The Balaban J connectivity index is 1.99. The molecule has 1 aliphatic heterocycles. The molecule has 0 aliphatic carbocycles. The Morgan fingerprint density at radius 2 is 1.25 bits per heavy atom. The molecular weight excluding hydrogens is 350 g/mol. The molecule has 0 atom stereocenters. The zero-order valence-electron chi connectivity index (χ0n) is 15.0. The Kier molecular flexibility index (Phi) is 4.68. The molecule has 0 bridgehead atoms. The number of Topliss-reactive ketones (excluding diaryl/α,β-unsaturated/α-hetero) is 2. The summed E-state index contributed by atoms with van der Waals surface area (Å²) in [5, 5.41) is 0. The van der Waals surface area contributed by atoms with E-state index < -0.39 is 5.78 Å². The second-order valence-electron chi connectivity index (χ2n) is 6.45. The third-order valence-corrected chi connectivity index (χ3v) is 4.63. The maximum absolute atomic E-state index is 13.3. The van der Waals surface area contributed by atoms with Gasteiger partial charge in [-0.2, -0.15) is 0 Å². The van der Waals surface area contributed by atoms with Crippen molar-refractivity contribution in [1.82, 2.24) is 0 Å². The van der Waals surface area contributed by atoms with Gasteiger partial charge in [-0.25, -0.2) is 0 Å². The molecule has 1 amide bonds. The van der Waals surface area contributed by atoms with E-state index in [4.69, 9.17) is 0 Å². The molecule has 28 heavy (non-hydrogen) atoms. The minimum absolute atomic E-state index is 0.0425. The SMILES string of the molecule is O=C1CC(=O)N(c2ccccc2)C(c2ccccc2)=C1C(=O)c1ccccc1. The zero-order chi connectivity index (χ0) is 19.5. The van der Waals surface area contributed by atoms with Gasteiger partial charge in [0, 0.05) is 11.3 Å². The average molecular weight is 367 g/mol. The van der Waals surface area contributed by atoms with Gasteiger partial charge in [0.1, 0.15) is 0 Å². The van der Waals surface area contributed by atoms with Crippen LogP contribution >= 0.6 is 0 Å².